The molecule has 0 bridgehead atoms. The molecule has 1 fully saturated rings. The number of nitrogens with zero attached hydrogens (tertiary/aromatic N) is 1. The number of carbonyl (C=O) groups excluding carboxylic acids is 2. The van der Waals surface area contributed by atoms with Gasteiger partial charge in [-0.25, -0.2) is 13.6 Å². The number of ether oxygens (including phenoxy) is 1. The van der Waals surface area contributed by atoms with Crippen LogP contribution in [0.5, 0.6) is 0 Å². The van der Waals surface area contributed by atoms with Gasteiger partial charge in [0.25, 0.3) is 0 Å². The number of nitrogens with two attached hydrogens (primary N) is 1. The highest BCUT2D eigenvalue weighted by Gasteiger charge is 2.36. The molecule has 132 valence electrons. The maximum Gasteiger partial charge on any atom is 0.238 e. The number of anilines is 1. The number of hydrogen-bond donors (Lipinski definition) is 2. The lowest BCUT2D eigenvalue weighted by molar-refractivity contribution is -0.130. The average molecular weight is 355 g/mol. The molecule has 1 aromatic carbocycles. The van der Waals surface area contributed by atoms with Crippen molar-refractivity contribution in [3.05, 3.63) is 24.3 Å². The van der Waals surface area contributed by atoms with Crippen molar-refractivity contribution in [3.63, 3.8) is 0 Å². The van der Waals surface area contributed by atoms with E-state index in [9.17, 15) is 18.0 Å². The number of nitrogens with one attached hydrogen (secondary N) is 1. The summed E-state index contributed by atoms with van der Waals surface area (Å²) in [4.78, 5) is 25.9. The number of likely N-dealkylation sites (tertiary alicyclic amines) is 1. The molecule has 1 aliphatic rings. The Bertz CT molecular complexity index is 717. The van der Waals surface area contributed by atoms with Gasteiger partial charge in [-0.2, -0.15) is 0 Å². The Balaban J connectivity index is 1.99. The third kappa shape index (κ3) is 4.31. The van der Waals surface area contributed by atoms with Gasteiger partial charge in [-0.1, -0.05) is 0 Å². The van der Waals surface area contributed by atoms with Gasteiger partial charge in [-0.3, -0.25) is 9.59 Å². The number of primary sulfonamides is 1. The summed E-state index contributed by atoms with van der Waals surface area (Å²) < 4.78 is 27.4. The normalized spacial score (nSPS) is 19.4. The molecule has 1 aromatic rings. The maximum absolute atomic E-state index is 12.3. The molecule has 1 saturated heterocycles. The zero-order valence-corrected chi connectivity index (χ0v) is 14.4. The molecule has 0 aromatic heterocycles. The molecule has 0 saturated carbocycles. The second kappa shape index (κ2) is 7.29. The van der Waals surface area contributed by atoms with Crippen LogP contribution >= 0.6 is 0 Å². The minimum atomic E-state index is -3.77. The van der Waals surface area contributed by atoms with Gasteiger partial charge in [0, 0.05) is 25.8 Å². The van der Waals surface area contributed by atoms with Crippen LogP contribution in [0.1, 0.15) is 13.3 Å². The fourth-order valence-electron chi connectivity index (χ4n) is 2.64. The molecule has 2 amide bonds. The maximum atomic E-state index is 12.3. The standard InChI is InChI=1S/C15H21N3O5S/c1-10(9-23-2)18-8-11(7-14(18)19)15(20)17-12-3-5-13(6-4-12)24(16,21)22/h3-6,10-11H,7-9H2,1-2H3,(H,17,20)(H2,16,21,22)/t10-,11-/m1/s1. The minimum absolute atomic E-state index is 0.0314. The molecule has 0 unspecified atom stereocenters. The van der Waals surface area contributed by atoms with E-state index < -0.39 is 15.9 Å². The van der Waals surface area contributed by atoms with E-state index in [1.54, 1.807) is 12.0 Å². The average Bonchev–Trinajstić information content (AvgIpc) is 2.89. The van der Waals surface area contributed by atoms with Crippen LogP contribution in [0.4, 0.5) is 5.69 Å². The van der Waals surface area contributed by atoms with Gasteiger partial charge in [-0.05, 0) is 31.2 Å². The van der Waals surface area contributed by atoms with E-state index in [0.29, 0.717) is 18.8 Å². The summed E-state index contributed by atoms with van der Waals surface area (Å²) in [5.74, 6) is -0.808. The third-order valence-corrected chi connectivity index (χ3v) is 4.85. The Labute approximate surface area is 141 Å². The molecular weight excluding hydrogens is 334 g/mol. The quantitative estimate of drug-likeness (QED) is 0.753. The highest BCUT2D eigenvalue weighted by Crippen LogP contribution is 2.22. The van der Waals surface area contributed by atoms with Crippen molar-refractivity contribution in [3.8, 4) is 0 Å². The summed E-state index contributed by atoms with van der Waals surface area (Å²) in [5.41, 5.74) is 0.447. The smallest absolute Gasteiger partial charge is 0.238 e. The molecule has 0 spiro atoms. The lowest BCUT2D eigenvalue weighted by Crippen LogP contribution is -2.38. The second-order valence-corrected chi connectivity index (χ2v) is 7.37. The van der Waals surface area contributed by atoms with E-state index >= 15 is 0 Å². The van der Waals surface area contributed by atoms with Crippen LogP contribution in [-0.4, -0.2) is 51.4 Å². The van der Waals surface area contributed by atoms with Crippen LogP contribution in [-0.2, 0) is 24.3 Å². The Morgan fingerprint density at radius 3 is 2.58 bits per heavy atom. The largest absolute Gasteiger partial charge is 0.383 e. The molecule has 9 heteroatoms. The molecule has 24 heavy (non-hydrogen) atoms. The predicted octanol–water partition coefficient (Wildman–Crippen LogP) is 0.156. The highest BCUT2D eigenvalue weighted by atomic mass is 32.2. The van der Waals surface area contributed by atoms with Crippen LogP contribution in [0.15, 0.2) is 29.2 Å². The van der Waals surface area contributed by atoms with Crippen molar-refractivity contribution >= 4 is 27.5 Å². The van der Waals surface area contributed by atoms with Gasteiger partial charge >= 0.3 is 0 Å². The fraction of sp³-hybridized carbons (Fsp3) is 0.467. The lowest BCUT2D eigenvalue weighted by Gasteiger charge is -2.23. The minimum Gasteiger partial charge on any atom is -0.383 e. The molecule has 0 radical (unpaired) electrons. The van der Waals surface area contributed by atoms with Gasteiger partial charge in [0.1, 0.15) is 0 Å². The molecular formula is C15H21N3O5S. The van der Waals surface area contributed by atoms with Crippen molar-refractivity contribution in [2.45, 2.75) is 24.3 Å². The van der Waals surface area contributed by atoms with Gasteiger partial charge in [-0.15, -0.1) is 0 Å². The van der Waals surface area contributed by atoms with E-state index in [4.69, 9.17) is 9.88 Å². The lowest BCUT2D eigenvalue weighted by atomic mass is 10.1. The Morgan fingerprint density at radius 2 is 2.04 bits per heavy atom. The first-order valence-electron chi connectivity index (χ1n) is 7.44. The van der Waals surface area contributed by atoms with Crippen LogP contribution in [0, 0.1) is 5.92 Å². The molecule has 2 rings (SSSR count). The SMILES string of the molecule is COC[C@@H](C)N1C[C@H](C(=O)Nc2ccc(S(N)(=O)=O)cc2)CC1=O. The first-order valence-corrected chi connectivity index (χ1v) is 8.99. The number of rotatable bonds is 6. The molecule has 3 N–H and O–H groups in total. The van der Waals surface area contributed by atoms with E-state index in [1.165, 1.54) is 24.3 Å². The summed E-state index contributed by atoms with van der Waals surface area (Å²) in [6.45, 7) is 2.62. The van der Waals surface area contributed by atoms with Gasteiger partial charge in [0.2, 0.25) is 21.8 Å². The highest BCUT2D eigenvalue weighted by molar-refractivity contribution is 7.89. The molecule has 8 nitrogen and oxygen atoms in total. The van der Waals surface area contributed by atoms with Crippen LogP contribution < -0.4 is 10.5 Å². The number of benzene rings is 1. The number of hydrogen-bond acceptors (Lipinski definition) is 5. The van der Waals surface area contributed by atoms with Crippen LogP contribution in [0.3, 0.4) is 0 Å². The monoisotopic (exact) mass is 355 g/mol. The summed E-state index contributed by atoms with van der Waals surface area (Å²) in [6.07, 6.45) is 0.148. The topological polar surface area (TPSA) is 119 Å². The van der Waals surface area contributed by atoms with Gasteiger partial charge in [0.15, 0.2) is 0 Å². The summed E-state index contributed by atoms with van der Waals surface area (Å²) in [7, 11) is -2.21. The number of sulfonamides is 1. The van der Waals surface area contributed by atoms with Gasteiger partial charge in [0.05, 0.1) is 23.5 Å². The number of amides is 2. The molecule has 0 aliphatic carbocycles. The van der Waals surface area contributed by atoms with Crippen LogP contribution in [0.25, 0.3) is 0 Å². The third-order valence-electron chi connectivity index (χ3n) is 3.92. The zero-order valence-electron chi connectivity index (χ0n) is 13.6. The Hall–Kier alpha value is -1.97. The molecule has 1 aliphatic heterocycles. The van der Waals surface area contributed by atoms with Crippen molar-refractivity contribution in [1.82, 2.24) is 4.90 Å². The zero-order chi connectivity index (χ0) is 17.9. The molecule has 1 heterocycles. The van der Waals surface area contributed by atoms with Crippen molar-refractivity contribution in [1.29, 1.82) is 0 Å². The number of methoxy groups -OCH3 is 1. The second-order valence-electron chi connectivity index (χ2n) is 5.81. The van der Waals surface area contributed by atoms with Crippen molar-refractivity contribution < 1.29 is 22.7 Å². The van der Waals surface area contributed by atoms with Crippen molar-refractivity contribution in [2.24, 2.45) is 11.1 Å². The van der Waals surface area contributed by atoms with E-state index in [1.807, 2.05) is 6.92 Å². The predicted molar refractivity (Wildman–Crippen MR) is 87.6 cm³/mol. The van der Waals surface area contributed by atoms with E-state index in [2.05, 4.69) is 5.32 Å². The van der Waals surface area contributed by atoms with Crippen LogP contribution in [0.2, 0.25) is 0 Å². The van der Waals surface area contributed by atoms with Gasteiger partial charge < -0.3 is 15.0 Å². The number of carbonyl (C=O) groups is 2. The fourth-order valence-corrected chi connectivity index (χ4v) is 3.15. The summed E-state index contributed by atoms with van der Waals surface area (Å²) in [5, 5.41) is 7.71. The Kier molecular flexibility index (Phi) is 5.58. The molecule has 2 atom stereocenters. The summed E-state index contributed by atoms with van der Waals surface area (Å²) in [6, 6.07) is 5.46. The van der Waals surface area contributed by atoms with E-state index in [0.717, 1.165) is 0 Å². The first kappa shape index (κ1) is 18.4. The van der Waals surface area contributed by atoms with Crippen molar-refractivity contribution in [2.75, 3.05) is 25.6 Å². The van der Waals surface area contributed by atoms with E-state index in [-0.39, 0.29) is 29.2 Å². The summed E-state index contributed by atoms with van der Waals surface area (Å²) >= 11 is 0. The Morgan fingerprint density at radius 1 is 1.42 bits per heavy atom. The first-order chi connectivity index (χ1) is 11.2.